The highest BCUT2D eigenvalue weighted by molar-refractivity contribution is 6.44. The number of ketones is 1. The molecule has 3 aromatic rings. The second-order valence-electron chi connectivity index (χ2n) is 8.21. The lowest BCUT2D eigenvalue weighted by atomic mass is 10.1. The number of anilines is 3. The molecule has 2 aliphatic rings. The third kappa shape index (κ3) is 4.36. The van der Waals surface area contributed by atoms with E-state index in [2.05, 4.69) is 17.0 Å². The number of Topliss-reactive ketones (excluding diaryl/α,β-unsaturated/α-hetero) is 1. The Balaban J connectivity index is 1.58. The highest BCUT2D eigenvalue weighted by atomic mass is 35.5. The second kappa shape index (κ2) is 9.44. The summed E-state index contributed by atoms with van der Waals surface area (Å²) < 4.78 is 19.2. The standard InChI is InChI=1S/C26H24ClFN4O2/c1-18(33)25-29-32(24-10-4-20(27)5-11-24)26(31(25)23-12-6-21(28)7-13-23)19-2-8-22(9-3-19)30-14-16-34-17-15-30/h2-13,26H,14-17H2,1H3/t26-/m1/s1. The van der Waals surface area contributed by atoms with Gasteiger partial charge in [0.25, 0.3) is 0 Å². The molecule has 0 bridgehead atoms. The van der Waals surface area contributed by atoms with Crippen molar-refractivity contribution >= 4 is 40.3 Å². The summed E-state index contributed by atoms with van der Waals surface area (Å²) in [4.78, 5) is 16.8. The fourth-order valence-corrected chi connectivity index (χ4v) is 4.42. The van der Waals surface area contributed by atoms with Crippen molar-refractivity contribution in [1.82, 2.24) is 0 Å². The molecule has 1 atom stereocenters. The summed E-state index contributed by atoms with van der Waals surface area (Å²) in [6.45, 7) is 4.60. The molecule has 5 rings (SSSR count). The normalized spacial score (nSPS) is 18.3. The van der Waals surface area contributed by atoms with Crippen LogP contribution in [0.4, 0.5) is 21.5 Å². The fraction of sp³-hybridized carbons (Fsp3) is 0.231. The smallest absolute Gasteiger partial charge is 0.198 e. The molecule has 0 N–H and O–H groups in total. The Kier molecular flexibility index (Phi) is 6.22. The van der Waals surface area contributed by atoms with E-state index in [1.54, 1.807) is 29.3 Å². The first-order valence-electron chi connectivity index (χ1n) is 11.1. The minimum Gasteiger partial charge on any atom is -0.378 e. The van der Waals surface area contributed by atoms with E-state index in [0.717, 1.165) is 30.0 Å². The molecule has 0 aromatic heterocycles. The number of carbonyl (C=O) groups excluding carboxylic acids is 1. The van der Waals surface area contributed by atoms with Crippen molar-refractivity contribution < 1.29 is 13.9 Å². The zero-order chi connectivity index (χ0) is 23.7. The topological polar surface area (TPSA) is 48.4 Å². The third-order valence-electron chi connectivity index (χ3n) is 5.99. The monoisotopic (exact) mass is 478 g/mol. The Hall–Kier alpha value is -3.42. The van der Waals surface area contributed by atoms with Crippen LogP contribution in [0.5, 0.6) is 0 Å². The zero-order valence-electron chi connectivity index (χ0n) is 18.7. The SMILES string of the molecule is CC(=O)C1=NN(c2ccc(Cl)cc2)[C@H](c2ccc(N3CCOCC3)cc2)N1c1ccc(F)cc1. The van der Waals surface area contributed by atoms with Crippen LogP contribution < -0.4 is 14.8 Å². The molecule has 34 heavy (non-hydrogen) atoms. The number of rotatable bonds is 5. The first-order valence-corrected chi connectivity index (χ1v) is 11.5. The summed E-state index contributed by atoms with van der Waals surface area (Å²) in [6, 6.07) is 21.7. The van der Waals surface area contributed by atoms with Crippen molar-refractivity contribution in [3.05, 3.63) is 89.2 Å². The minimum absolute atomic E-state index is 0.185. The van der Waals surface area contributed by atoms with E-state index < -0.39 is 6.17 Å². The van der Waals surface area contributed by atoms with E-state index in [1.165, 1.54) is 19.1 Å². The fourth-order valence-electron chi connectivity index (χ4n) is 4.30. The summed E-state index contributed by atoms with van der Waals surface area (Å²) in [7, 11) is 0. The molecule has 2 aliphatic heterocycles. The summed E-state index contributed by atoms with van der Waals surface area (Å²) in [5.41, 5.74) is 3.52. The molecule has 0 aliphatic carbocycles. The van der Waals surface area contributed by atoms with Crippen LogP contribution >= 0.6 is 11.6 Å². The van der Waals surface area contributed by atoms with Crippen LogP contribution in [-0.2, 0) is 9.53 Å². The van der Waals surface area contributed by atoms with Crippen molar-refractivity contribution in [1.29, 1.82) is 0 Å². The zero-order valence-corrected chi connectivity index (χ0v) is 19.5. The van der Waals surface area contributed by atoms with Crippen LogP contribution in [0.15, 0.2) is 77.9 Å². The van der Waals surface area contributed by atoms with Gasteiger partial charge in [0, 0.05) is 36.4 Å². The Morgan fingerprint density at radius 3 is 2.12 bits per heavy atom. The molecule has 174 valence electrons. The van der Waals surface area contributed by atoms with Crippen LogP contribution in [-0.4, -0.2) is 37.9 Å². The molecule has 1 fully saturated rings. The van der Waals surface area contributed by atoms with Gasteiger partial charge in [0.1, 0.15) is 5.82 Å². The van der Waals surface area contributed by atoms with Gasteiger partial charge in [-0.3, -0.25) is 9.69 Å². The lowest BCUT2D eigenvalue weighted by Gasteiger charge is -2.33. The van der Waals surface area contributed by atoms with Crippen LogP contribution in [0.1, 0.15) is 18.7 Å². The molecule has 2 heterocycles. The molecule has 0 unspecified atom stereocenters. The van der Waals surface area contributed by atoms with Gasteiger partial charge in [-0.25, -0.2) is 9.40 Å². The number of hydrogen-bond acceptors (Lipinski definition) is 6. The maximum absolute atomic E-state index is 13.7. The molecule has 0 saturated carbocycles. The number of hydrogen-bond donors (Lipinski definition) is 0. The van der Waals surface area contributed by atoms with Crippen molar-refractivity contribution in [2.24, 2.45) is 5.10 Å². The average molecular weight is 479 g/mol. The lowest BCUT2D eigenvalue weighted by Crippen LogP contribution is -2.38. The maximum atomic E-state index is 13.7. The Labute approximate surface area is 202 Å². The van der Waals surface area contributed by atoms with Gasteiger partial charge >= 0.3 is 0 Å². The third-order valence-corrected chi connectivity index (χ3v) is 6.24. The molecule has 0 amide bonds. The van der Waals surface area contributed by atoms with Crippen molar-refractivity contribution in [2.45, 2.75) is 13.1 Å². The van der Waals surface area contributed by atoms with Crippen LogP contribution in [0.2, 0.25) is 5.02 Å². The number of benzene rings is 3. The van der Waals surface area contributed by atoms with Crippen molar-refractivity contribution in [3.8, 4) is 0 Å². The number of halogens is 2. The number of ether oxygens (including phenoxy) is 1. The van der Waals surface area contributed by atoms with Gasteiger partial charge in [0.2, 0.25) is 0 Å². The first-order chi connectivity index (χ1) is 16.5. The number of hydrazone groups is 1. The highest BCUT2D eigenvalue weighted by Crippen LogP contribution is 2.39. The van der Waals surface area contributed by atoms with Gasteiger partial charge < -0.3 is 9.64 Å². The largest absolute Gasteiger partial charge is 0.378 e. The Morgan fingerprint density at radius 1 is 0.912 bits per heavy atom. The summed E-state index contributed by atoms with van der Waals surface area (Å²) in [5.74, 6) is -0.246. The molecule has 1 saturated heterocycles. The Bertz CT molecular complexity index is 1190. The maximum Gasteiger partial charge on any atom is 0.198 e. The van der Waals surface area contributed by atoms with E-state index in [0.29, 0.717) is 23.9 Å². The number of nitrogens with zero attached hydrogens (tertiary/aromatic N) is 4. The second-order valence-corrected chi connectivity index (χ2v) is 8.65. The van der Waals surface area contributed by atoms with E-state index >= 15 is 0 Å². The lowest BCUT2D eigenvalue weighted by molar-refractivity contribution is -0.111. The number of carbonyl (C=O) groups is 1. The molecule has 6 nitrogen and oxygen atoms in total. The highest BCUT2D eigenvalue weighted by Gasteiger charge is 2.39. The van der Waals surface area contributed by atoms with Crippen LogP contribution in [0.3, 0.4) is 0 Å². The Morgan fingerprint density at radius 2 is 1.50 bits per heavy atom. The molecular formula is C26H24ClFN4O2. The summed E-state index contributed by atoms with van der Waals surface area (Å²) in [5, 5.41) is 7.12. The summed E-state index contributed by atoms with van der Waals surface area (Å²) in [6.07, 6.45) is -0.440. The van der Waals surface area contributed by atoms with Crippen LogP contribution in [0.25, 0.3) is 0 Å². The molecular weight excluding hydrogens is 455 g/mol. The van der Waals surface area contributed by atoms with E-state index in [-0.39, 0.29) is 17.4 Å². The summed E-state index contributed by atoms with van der Waals surface area (Å²) >= 11 is 6.11. The van der Waals surface area contributed by atoms with Crippen molar-refractivity contribution in [2.75, 3.05) is 41.1 Å². The van der Waals surface area contributed by atoms with E-state index in [1.807, 2.05) is 29.2 Å². The number of amidine groups is 1. The van der Waals surface area contributed by atoms with E-state index in [4.69, 9.17) is 21.4 Å². The molecule has 3 aromatic carbocycles. The van der Waals surface area contributed by atoms with Gasteiger partial charge in [0.05, 0.1) is 18.9 Å². The number of morpholine rings is 1. The quantitative estimate of drug-likeness (QED) is 0.501. The van der Waals surface area contributed by atoms with Gasteiger partial charge in [-0.15, -0.1) is 5.10 Å². The van der Waals surface area contributed by atoms with Crippen molar-refractivity contribution in [3.63, 3.8) is 0 Å². The van der Waals surface area contributed by atoms with Gasteiger partial charge in [-0.1, -0.05) is 23.7 Å². The van der Waals surface area contributed by atoms with Gasteiger partial charge in [0.15, 0.2) is 17.8 Å². The average Bonchev–Trinajstić information content (AvgIpc) is 3.27. The molecule has 0 spiro atoms. The van der Waals surface area contributed by atoms with Crippen LogP contribution in [0, 0.1) is 5.82 Å². The molecule has 0 radical (unpaired) electrons. The van der Waals surface area contributed by atoms with E-state index in [9.17, 15) is 9.18 Å². The molecule has 8 heteroatoms. The first kappa shape index (κ1) is 22.4. The predicted octanol–water partition coefficient (Wildman–Crippen LogP) is 5.24. The minimum atomic E-state index is -0.440. The van der Waals surface area contributed by atoms with Gasteiger partial charge in [-0.05, 0) is 66.2 Å². The predicted molar refractivity (Wildman–Crippen MR) is 133 cm³/mol. The van der Waals surface area contributed by atoms with Gasteiger partial charge in [-0.2, -0.15) is 0 Å².